The fraction of sp³-hybridized carbons (Fsp3) is 0.375. The second-order valence-corrected chi connectivity index (χ2v) is 9.52. The van der Waals surface area contributed by atoms with Crippen LogP contribution in [-0.2, 0) is 25.9 Å². The van der Waals surface area contributed by atoms with Crippen LogP contribution in [0.25, 0.3) is 0 Å². The summed E-state index contributed by atoms with van der Waals surface area (Å²) in [4.78, 5) is 48.6. The number of furan rings is 1. The molecule has 4 heterocycles. The summed E-state index contributed by atoms with van der Waals surface area (Å²) in [6, 6.07) is 0. The Bertz CT molecular complexity index is 1280. The van der Waals surface area contributed by atoms with Gasteiger partial charge in [0.15, 0.2) is 5.78 Å². The summed E-state index contributed by atoms with van der Waals surface area (Å²) < 4.78 is 5.54. The van der Waals surface area contributed by atoms with Gasteiger partial charge in [0.2, 0.25) is 0 Å². The summed E-state index contributed by atoms with van der Waals surface area (Å²) in [6.07, 6.45) is 5.79. The van der Waals surface area contributed by atoms with Crippen LogP contribution >= 0.6 is 11.3 Å². The van der Waals surface area contributed by atoms with Crippen LogP contribution in [0.1, 0.15) is 77.2 Å². The first kappa shape index (κ1) is 21.5. The maximum Gasteiger partial charge on any atom is 0.271 e. The number of hydrogen-bond donors (Lipinski definition) is 1. The molecule has 0 saturated heterocycles. The molecule has 0 saturated carbocycles. The number of Topliss-reactive ketones (excluding diaryl/α,β-unsaturated/α-hetero) is 1. The van der Waals surface area contributed by atoms with E-state index < -0.39 is 0 Å². The lowest BCUT2D eigenvalue weighted by molar-refractivity contribution is 0.0728. The number of carbonyl (C=O) groups is 3. The van der Waals surface area contributed by atoms with Crippen molar-refractivity contribution in [3.63, 3.8) is 0 Å². The van der Waals surface area contributed by atoms with Gasteiger partial charge in [-0.05, 0) is 43.4 Å². The zero-order valence-corrected chi connectivity index (χ0v) is 19.4. The predicted molar refractivity (Wildman–Crippen MR) is 121 cm³/mol. The summed E-state index contributed by atoms with van der Waals surface area (Å²) in [6.45, 7) is 5.08. The number of amides is 2. The van der Waals surface area contributed by atoms with Crippen LogP contribution in [0.2, 0.25) is 0 Å². The molecule has 0 radical (unpaired) electrons. The second kappa shape index (κ2) is 8.55. The van der Waals surface area contributed by atoms with Crippen molar-refractivity contribution < 1.29 is 18.8 Å². The van der Waals surface area contributed by atoms with Gasteiger partial charge in [-0.3, -0.25) is 19.4 Å². The van der Waals surface area contributed by atoms with Crippen molar-refractivity contribution >= 4 is 28.9 Å². The molecule has 0 spiro atoms. The van der Waals surface area contributed by atoms with Gasteiger partial charge < -0.3 is 14.6 Å². The molecular formula is C24H24N4O4S. The molecular weight excluding hydrogens is 440 g/mol. The second-order valence-electron chi connectivity index (χ2n) is 8.46. The lowest BCUT2D eigenvalue weighted by Crippen LogP contribution is -2.37. The first-order valence-corrected chi connectivity index (χ1v) is 11.9. The van der Waals surface area contributed by atoms with E-state index in [9.17, 15) is 14.4 Å². The SMILES string of the molecule is Cc1nc(C(=O)NCc2c(C)ncc3c2CCN(C(=O)c2coc4c2C(=O)CCC4)C3)cs1. The molecule has 8 nitrogen and oxygen atoms in total. The van der Waals surface area contributed by atoms with Crippen LogP contribution in [0.3, 0.4) is 0 Å². The quantitative estimate of drug-likeness (QED) is 0.635. The zero-order chi connectivity index (χ0) is 23.1. The Morgan fingerprint density at radius 1 is 1.24 bits per heavy atom. The summed E-state index contributed by atoms with van der Waals surface area (Å²) in [5.41, 5.74) is 5.16. The highest BCUT2D eigenvalue weighted by molar-refractivity contribution is 7.09. The number of hydrogen-bond acceptors (Lipinski definition) is 7. The molecule has 0 unspecified atom stereocenters. The van der Waals surface area contributed by atoms with Gasteiger partial charge in [0.05, 0.1) is 16.1 Å². The van der Waals surface area contributed by atoms with Crippen molar-refractivity contribution in [2.75, 3.05) is 6.54 Å². The van der Waals surface area contributed by atoms with E-state index in [0.717, 1.165) is 33.8 Å². The van der Waals surface area contributed by atoms with E-state index >= 15 is 0 Å². The highest BCUT2D eigenvalue weighted by Crippen LogP contribution is 2.30. The van der Waals surface area contributed by atoms with Crippen molar-refractivity contribution in [1.82, 2.24) is 20.2 Å². The zero-order valence-electron chi connectivity index (χ0n) is 18.6. The Hall–Kier alpha value is -3.33. The van der Waals surface area contributed by atoms with Crippen molar-refractivity contribution in [1.29, 1.82) is 0 Å². The third-order valence-corrected chi connectivity index (χ3v) is 7.12. The lowest BCUT2D eigenvalue weighted by atomic mass is 9.92. The molecule has 1 aliphatic heterocycles. The number of aromatic nitrogens is 2. The third-order valence-electron chi connectivity index (χ3n) is 6.34. The highest BCUT2D eigenvalue weighted by atomic mass is 32.1. The van der Waals surface area contributed by atoms with E-state index in [0.29, 0.717) is 61.5 Å². The molecule has 0 bridgehead atoms. The molecule has 9 heteroatoms. The van der Waals surface area contributed by atoms with Gasteiger partial charge in [-0.25, -0.2) is 4.98 Å². The number of aryl methyl sites for hydroxylation is 3. The molecule has 0 fully saturated rings. The van der Waals surface area contributed by atoms with E-state index in [2.05, 4.69) is 15.3 Å². The van der Waals surface area contributed by atoms with E-state index in [4.69, 9.17) is 4.42 Å². The molecule has 2 aliphatic rings. The summed E-state index contributed by atoms with van der Waals surface area (Å²) in [7, 11) is 0. The average Bonchev–Trinajstić information content (AvgIpc) is 3.45. The number of carbonyl (C=O) groups excluding carboxylic acids is 3. The molecule has 5 rings (SSSR count). The van der Waals surface area contributed by atoms with Gasteiger partial charge in [-0.2, -0.15) is 0 Å². The van der Waals surface area contributed by atoms with Gasteiger partial charge in [-0.1, -0.05) is 0 Å². The molecule has 33 heavy (non-hydrogen) atoms. The minimum absolute atomic E-state index is 0.0172. The van der Waals surface area contributed by atoms with Gasteiger partial charge in [0.25, 0.3) is 11.8 Å². The smallest absolute Gasteiger partial charge is 0.271 e. The van der Waals surface area contributed by atoms with E-state index in [1.807, 2.05) is 13.8 Å². The summed E-state index contributed by atoms with van der Waals surface area (Å²) in [5.74, 6) is 0.211. The van der Waals surface area contributed by atoms with Crippen LogP contribution in [-0.4, -0.2) is 39.0 Å². The highest BCUT2D eigenvalue weighted by Gasteiger charge is 2.32. The van der Waals surface area contributed by atoms with E-state index in [1.54, 1.807) is 16.5 Å². The first-order valence-electron chi connectivity index (χ1n) is 11.0. The third kappa shape index (κ3) is 3.97. The van der Waals surface area contributed by atoms with Crippen molar-refractivity contribution in [2.24, 2.45) is 0 Å². The van der Waals surface area contributed by atoms with Crippen LogP contribution < -0.4 is 5.32 Å². The molecule has 1 aliphatic carbocycles. The number of fused-ring (bicyclic) bond motifs is 2. The van der Waals surface area contributed by atoms with E-state index in [1.165, 1.54) is 17.6 Å². The molecule has 2 amide bonds. The molecule has 3 aromatic rings. The molecule has 170 valence electrons. The Morgan fingerprint density at radius 2 is 2.09 bits per heavy atom. The van der Waals surface area contributed by atoms with E-state index in [-0.39, 0.29) is 17.6 Å². The lowest BCUT2D eigenvalue weighted by Gasteiger charge is -2.30. The Morgan fingerprint density at radius 3 is 2.88 bits per heavy atom. The van der Waals surface area contributed by atoms with Gasteiger partial charge in [0.1, 0.15) is 17.7 Å². The van der Waals surface area contributed by atoms with Crippen LogP contribution in [0.5, 0.6) is 0 Å². The Kier molecular flexibility index (Phi) is 5.57. The maximum absolute atomic E-state index is 13.2. The van der Waals surface area contributed by atoms with Crippen LogP contribution in [0, 0.1) is 13.8 Å². The summed E-state index contributed by atoms with van der Waals surface area (Å²) >= 11 is 1.44. The number of thiazole rings is 1. The fourth-order valence-corrected chi connectivity index (χ4v) is 5.20. The monoisotopic (exact) mass is 464 g/mol. The number of pyridine rings is 1. The van der Waals surface area contributed by atoms with Crippen LogP contribution in [0.15, 0.2) is 22.3 Å². The average molecular weight is 465 g/mol. The van der Waals surface area contributed by atoms with Crippen LogP contribution in [0.4, 0.5) is 0 Å². The molecule has 3 aromatic heterocycles. The normalized spacial score (nSPS) is 15.2. The maximum atomic E-state index is 13.2. The van der Waals surface area contributed by atoms with Crippen molar-refractivity contribution in [2.45, 2.75) is 52.6 Å². The van der Waals surface area contributed by atoms with Gasteiger partial charge in [-0.15, -0.1) is 11.3 Å². The minimum atomic E-state index is -0.210. The standard InChI is InChI=1S/C24H24N4O4S/c1-13-17(9-26-23(30)19-12-33-14(2)27-19)16-6-7-28(10-15(16)8-25-13)24(31)18-11-32-21-5-3-4-20(29)22(18)21/h8,11-12H,3-7,9-10H2,1-2H3,(H,26,30). The van der Waals surface area contributed by atoms with Crippen molar-refractivity contribution in [3.8, 4) is 0 Å². The topological polar surface area (TPSA) is 105 Å². The van der Waals surface area contributed by atoms with Crippen molar-refractivity contribution in [3.05, 3.63) is 67.8 Å². The molecule has 1 N–H and O–H groups in total. The largest absolute Gasteiger partial charge is 0.468 e. The predicted octanol–water partition coefficient (Wildman–Crippen LogP) is 3.40. The number of ketones is 1. The van der Waals surface area contributed by atoms with Gasteiger partial charge in [0, 0.05) is 49.7 Å². The molecule has 0 aromatic carbocycles. The fourth-order valence-electron chi connectivity index (χ4n) is 4.61. The summed E-state index contributed by atoms with van der Waals surface area (Å²) in [5, 5.41) is 5.55. The van der Waals surface area contributed by atoms with Gasteiger partial charge >= 0.3 is 0 Å². The minimum Gasteiger partial charge on any atom is -0.468 e. The molecule has 0 atom stereocenters. The first-order chi connectivity index (χ1) is 15.9. The number of rotatable bonds is 4. The number of nitrogens with zero attached hydrogens (tertiary/aromatic N) is 3. The number of nitrogens with one attached hydrogen (secondary N) is 1. The Balaban J connectivity index is 1.34. The Labute approximate surface area is 195 Å².